The summed E-state index contributed by atoms with van der Waals surface area (Å²) in [5.41, 5.74) is -1.01. The van der Waals surface area contributed by atoms with Crippen molar-refractivity contribution in [2.75, 3.05) is 6.54 Å². The molecule has 0 aliphatic heterocycles. The van der Waals surface area contributed by atoms with Crippen molar-refractivity contribution < 1.29 is 21.6 Å². The highest BCUT2D eigenvalue weighted by Gasteiger charge is 2.33. The van der Waals surface area contributed by atoms with E-state index in [0.717, 1.165) is 28.3 Å². The van der Waals surface area contributed by atoms with Crippen molar-refractivity contribution in [3.63, 3.8) is 0 Å². The van der Waals surface area contributed by atoms with Crippen molar-refractivity contribution >= 4 is 37.3 Å². The van der Waals surface area contributed by atoms with Gasteiger partial charge in [-0.2, -0.15) is 18.3 Å². The molecule has 0 aliphatic rings. The smallest absolute Gasteiger partial charge is 0.271 e. The molecule has 2 aromatic rings. The van der Waals surface area contributed by atoms with E-state index in [1.807, 2.05) is 0 Å². The second kappa shape index (κ2) is 6.07. The van der Waals surface area contributed by atoms with Gasteiger partial charge in [0.15, 0.2) is 5.69 Å². The number of aromatic nitrogens is 2. The lowest BCUT2D eigenvalue weighted by molar-refractivity contribution is -0.141. The van der Waals surface area contributed by atoms with E-state index in [-0.39, 0.29) is 17.3 Å². The molecular weight excluding hydrogens is 395 g/mol. The highest BCUT2D eigenvalue weighted by atomic mass is 79.9. The number of hydrogen-bond donors (Lipinski definition) is 1. The molecule has 11 heteroatoms. The van der Waals surface area contributed by atoms with Crippen molar-refractivity contribution in [2.45, 2.75) is 16.9 Å². The molecule has 2 rings (SSSR count). The SMILES string of the molecule is O=S(=O)(NCCn1ccc(C(F)(F)F)n1)c1ccc(Br)s1. The number of thiophene rings is 1. The van der Waals surface area contributed by atoms with Crippen LogP contribution < -0.4 is 4.72 Å². The first-order valence-electron chi connectivity index (χ1n) is 5.54. The minimum atomic E-state index is -4.51. The molecule has 5 nitrogen and oxygen atoms in total. The Morgan fingerprint density at radius 2 is 2.05 bits per heavy atom. The van der Waals surface area contributed by atoms with E-state index in [0.29, 0.717) is 3.79 Å². The molecule has 0 aromatic carbocycles. The first kappa shape index (κ1) is 16.5. The van der Waals surface area contributed by atoms with E-state index in [4.69, 9.17) is 0 Å². The Labute approximate surface area is 131 Å². The van der Waals surface area contributed by atoms with Crippen molar-refractivity contribution in [1.29, 1.82) is 0 Å². The Bertz CT molecular complexity index is 724. The fraction of sp³-hybridized carbons (Fsp3) is 0.300. The van der Waals surface area contributed by atoms with Crippen LogP contribution in [0.15, 0.2) is 32.4 Å². The highest BCUT2D eigenvalue weighted by molar-refractivity contribution is 9.11. The monoisotopic (exact) mass is 403 g/mol. The van der Waals surface area contributed by atoms with Gasteiger partial charge in [0.1, 0.15) is 4.21 Å². The molecule has 0 saturated carbocycles. The molecule has 2 aromatic heterocycles. The van der Waals surface area contributed by atoms with Crippen molar-refractivity contribution in [3.05, 3.63) is 33.9 Å². The topological polar surface area (TPSA) is 64.0 Å². The Morgan fingerprint density at radius 3 is 2.57 bits per heavy atom. The van der Waals surface area contributed by atoms with Gasteiger partial charge in [-0.3, -0.25) is 4.68 Å². The third kappa shape index (κ3) is 4.28. The highest BCUT2D eigenvalue weighted by Crippen LogP contribution is 2.27. The average Bonchev–Trinajstić information content (AvgIpc) is 2.97. The van der Waals surface area contributed by atoms with Crippen LogP contribution in [0.4, 0.5) is 13.2 Å². The number of sulfonamides is 1. The van der Waals surface area contributed by atoms with E-state index in [1.54, 1.807) is 6.07 Å². The molecule has 0 amide bonds. The summed E-state index contributed by atoms with van der Waals surface area (Å²) in [6.45, 7) is -0.0569. The number of hydrogen-bond acceptors (Lipinski definition) is 4. The van der Waals surface area contributed by atoms with Crippen LogP contribution in [0.5, 0.6) is 0 Å². The van der Waals surface area contributed by atoms with Crippen LogP contribution in [0.25, 0.3) is 0 Å². The summed E-state index contributed by atoms with van der Waals surface area (Å²) in [6, 6.07) is 3.87. The maximum atomic E-state index is 12.3. The van der Waals surface area contributed by atoms with Crippen LogP contribution in [0.3, 0.4) is 0 Å². The van der Waals surface area contributed by atoms with Gasteiger partial charge in [0, 0.05) is 12.7 Å². The maximum absolute atomic E-state index is 12.3. The van der Waals surface area contributed by atoms with Crippen LogP contribution in [0.2, 0.25) is 0 Å². The van der Waals surface area contributed by atoms with Crippen molar-refractivity contribution in [2.24, 2.45) is 0 Å². The van der Waals surface area contributed by atoms with Crippen LogP contribution in [0, 0.1) is 0 Å². The fourth-order valence-corrected chi connectivity index (χ4v) is 4.52. The lowest BCUT2D eigenvalue weighted by Gasteiger charge is -2.05. The zero-order chi connectivity index (χ0) is 15.7. The van der Waals surface area contributed by atoms with E-state index >= 15 is 0 Å². The Morgan fingerprint density at radius 1 is 1.33 bits per heavy atom. The van der Waals surface area contributed by atoms with E-state index in [2.05, 4.69) is 25.8 Å². The molecule has 0 unspecified atom stereocenters. The standard InChI is InChI=1S/C10H9BrF3N3O2S2/c11-8-1-2-9(20-8)21(18,19)15-4-6-17-5-3-7(16-17)10(12,13)14/h1-3,5,15H,4,6H2. The largest absolute Gasteiger partial charge is 0.435 e. The van der Waals surface area contributed by atoms with Gasteiger partial charge in [-0.15, -0.1) is 11.3 Å². The normalized spacial score (nSPS) is 12.8. The molecular formula is C10H9BrF3N3O2S2. The zero-order valence-electron chi connectivity index (χ0n) is 10.3. The molecule has 1 N–H and O–H groups in total. The van der Waals surface area contributed by atoms with E-state index in [1.165, 1.54) is 6.07 Å². The van der Waals surface area contributed by atoms with Crippen LogP contribution in [0.1, 0.15) is 5.69 Å². The third-order valence-electron chi connectivity index (χ3n) is 2.38. The molecule has 0 saturated heterocycles. The summed E-state index contributed by atoms with van der Waals surface area (Å²) in [7, 11) is -3.66. The van der Waals surface area contributed by atoms with Crippen LogP contribution in [-0.4, -0.2) is 24.7 Å². The number of alkyl halides is 3. The third-order valence-corrected chi connectivity index (χ3v) is 5.95. The molecule has 0 atom stereocenters. The number of nitrogens with zero attached hydrogens (tertiary/aromatic N) is 2. The quantitative estimate of drug-likeness (QED) is 0.834. The summed E-state index contributed by atoms with van der Waals surface area (Å²) in [6.07, 6.45) is -3.35. The van der Waals surface area contributed by atoms with E-state index in [9.17, 15) is 21.6 Å². The number of halogens is 4. The van der Waals surface area contributed by atoms with Gasteiger partial charge in [0.2, 0.25) is 10.0 Å². The molecule has 2 heterocycles. The first-order chi connectivity index (χ1) is 9.68. The lowest BCUT2D eigenvalue weighted by Crippen LogP contribution is -2.27. The van der Waals surface area contributed by atoms with Gasteiger partial charge >= 0.3 is 6.18 Å². The molecule has 21 heavy (non-hydrogen) atoms. The number of nitrogens with one attached hydrogen (secondary N) is 1. The van der Waals surface area contributed by atoms with Crippen LogP contribution in [-0.2, 0) is 22.7 Å². The summed E-state index contributed by atoms with van der Waals surface area (Å²) in [5, 5.41) is 3.33. The minimum Gasteiger partial charge on any atom is -0.271 e. The van der Waals surface area contributed by atoms with E-state index < -0.39 is 21.9 Å². The zero-order valence-corrected chi connectivity index (χ0v) is 13.5. The second-order valence-electron chi connectivity index (χ2n) is 3.92. The Hall–Kier alpha value is -0.910. The molecule has 116 valence electrons. The molecule has 0 bridgehead atoms. The summed E-state index contributed by atoms with van der Waals surface area (Å²) < 4.78 is 64.9. The molecule has 0 radical (unpaired) electrons. The Kier molecular flexibility index (Phi) is 4.76. The Balaban J connectivity index is 1.94. The van der Waals surface area contributed by atoms with Crippen molar-refractivity contribution in [1.82, 2.24) is 14.5 Å². The van der Waals surface area contributed by atoms with Gasteiger partial charge in [-0.05, 0) is 34.1 Å². The predicted octanol–water partition coefficient (Wildman–Crippen LogP) is 2.70. The van der Waals surface area contributed by atoms with Gasteiger partial charge in [0.25, 0.3) is 0 Å². The van der Waals surface area contributed by atoms with Crippen LogP contribution >= 0.6 is 27.3 Å². The minimum absolute atomic E-state index is 0.00184. The first-order valence-corrected chi connectivity index (χ1v) is 8.63. The summed E-state index contributed by atoms with van der Waals surface area (Å²) >= 11 is 4.20. The molecule has 0 aliphatic carbocycles. The van der Waals surface area contributed by atoms with Gasteiger partial charge in [-0.25, -0.2) is 13.1 Å². The lowest BCUT2D eigenvalue weighted by atomic mass is 10.4. The predicted molar refractivity (Wildman–Crippen MR) is 74.4 cm³/mol. The fourth-order valence-electron chi connectivity index (χ4n) is 1.45. The maximum Gasteiger partial charge on any atom is 0.435 e. The number of rotatable bonds is 5. The second-order valence-corrected chi connectivity index (χ2v) is 8.37. The molecule has 0 fully saturated rings. The van der Waals surface area contributed by atoms with Gasteiger partial charge < -0.3 is 0 Å². The summed E-state index contributed by atoms with van der Waals surface area (Å²) in [4.78, 5) is 0. The van der Waals surface area contributed by atoms with Gasteiger partial charge in [0.05, 0.1) is 10.3 Å². The molecule has 0 spiro atoms. The average molecular weight is 404 g/mol. The van der Waals surface area contributed by atoms with Gasteiger partial charge in [-0.1, -0.05) is 0 Å². The van der Waals surface area contributed by atoms with Crippen molar-refractivity contribution in [3.8, 4) is 0 Å². The summed E-state index contributed by atoms with van der Waals surface area (Å²) in [5.74, 6) is 0.